The normalized spacial score (nSPS) is 17.3. The van der Waals surface area contributed by atoms with Crippen molar-refractivity contribution in [2.24, 2.45) is 0 Å². The Bertz CT molecular complexity index is 688. The van der Waals surface area contributed by atoms with Crippen molar-refractivity contribution in [2.75, 3.05) is 26.9 Å². The highest BCUT2D eigenvalue weighted by Gasteiger charge is 2.31. The van der Waals surface area contributed by atoms with Gasteiger partial charge in [-0.1, -0.05) is 18.2 Å². The van der Waals surface area contributed by atoms with Crippen LogP contribution >= 0.6 is 11.3 Å². The monoisotopic (exact) mass is 334 g/mol. The van der Waals surface area contributed by atoms with E-state index in [0.29, 0.717) is 31.2 Å². The first-order valence-corrected chi connectivity index (χ1v) is 8.19. The number of hydrogen-bond acceptors (Lipinski definition) is 6. The summed E-state index contributed by atoms with van der Waals surface area (Å²) in [6.45, 7) is 0.999. The molecule has 2 aromatic rings. The Morgan fingerprint density at radius 1 is 1.52 bits per heavy atom. The summed E-state index contributed by atoms with van der Waals surface area (Å²) in [5.41, 5.74) is 1.19. The van der Waals surface area contributed by atoms with Crippen LogP contribution in [0.1, 0.15) is 27.1 Å². The smallest absolute Gasteiger partial charge is 0.274 e. The van der Waals surface area contributed by atoms with Gasteiger partial charge in [0.2, 0.25) is 0 Å². The molecule has 3 rings (SSSR count). The standard InChI is InChI=1S/C16H18N2O4S/c1-21-9-15-17-12(10-23-15)16(20)18-6-7-22-14-5-3-2-4-11(14)13(18)8-19/h2-5,10,13,19H,6-9H2,1H3. The third kappa shape index (κ3) is 3.21. The molecule has 0 aliphatic carbocycles. The third-order valence-electron chi connectivity index (χ3n) is 3.72. The van der Waals surface area contributed by atoms with Crippen molar-refractivity contribution in [3.8, 4) is 5.75 Å². The highest BCUT2D eigenvalue weighted by molar-refractivity contribution is 7.09. The molecule has 7 heteroatoms. The summed E-state index contributed by atoms with van der Waals surface area (Å²) in [7, 11) is 1.59. The summed E-state index contributed by atoms with van der Waals surface area (Å²) < 4.78 is 10.7. The van der Waals surface area contributed by atoms with Crippen molar-refractivity contribution in [3.05, 3.63) is 45.9 Å². The molecule has 1 aromatic heterocycles. The van der Waals surface area contributed by atoms with Crippen molar-refractivity contribution in [2.45, 2.75) is 12.6 Å². The summed E-state index contributed by atoms with van der Waals surface area (Å²) in [5.74, 6) is 0.503. The molecule has 1 aliphatic heterocycles. The Kier molecular flexibility index (Phi) is 4.90. The molecule has 0 saturated carbocycles. The van der Waals surface area contributed by atoms with Crippen LogP contribution in [0.2, 0.25) is 0 Å². The number of fused-ring (bicyclic) bond motifs is 1. The molecule has 1 atom stereocenters. The average molecular weight is 334 g/mol. The number of thiazole rings is 1. The Hall–Kier alpha value is -1.96. The Morgan fingerprint density at radius 2 is 2.35 bits per heavy atom. The van der Waals surface area contributed by atoms with Gasteiger partial charge < -0.3 is 19.5 Å². The van der Waals surface area contributed by atoms with E-state index in [0.717, 1.165) is 10.6 Å². The molecule has 122 valence electrons. The van der Waals surface area contributed by atoms with Crippen LogP contribution in [-0.2, 0) is 11.3 Å². The fraction of sp³-hybridized carbons (Fsp3) is 0.375. The highest BCUT2D eigenvalue weighted by Crippen LogP contribution is 2.32. The van der Waals surface area contributed by atoms with Crippen molar-refractivity contribution in [1.82, 2.24) is 9.88 Å². The van der Waals surface area contributed by atoms with E-state index >= 15 is 0 Å². The van der Waals surface area contributed by atoms with E-state index in [1.807, 2.05) is 24.3 Å². The van der Waals surface area contributed by atoms with Crippen LogP contribution in [0.25, 0.3) is 0 Å². The summed E-state index contributed by atoms with van der Waals surface area (Å²) in [6, 6.07) is 7.04. The van der Waals surface area contributed by atoms with Gasteiger partial charge in [-0.25, -0.2) is 4.98 Å². The van der Waals surface area contributed by atoms with E-state index in [4.69, 9.17) is 9.47 Å². The summed E-state index contributed by atoms with van der Waals surface area (Å²) in [6.07, 6.45) is 0. The van der Waals surface area contributed by atoms with Gasteiger partial charge in [0.05, 0.1) is 25.8 Å². The number of benzene rings is 1. The first-order valence-electron chi connectivity index (χ1n) is 7.31. The van der Waals surface area contributed by atoms with Gasteiger partial charge in [-0.2, -0.15) is 0 Å². The maximum Gasteiger partial charge on any atom is 0.274 e. The van der Waals surface area contributed by atoms with Gasteiger partial charge >= 0.3 is 0 Å². The SMILES string of the molecule is COCc1nc(C(=O)N2CCOc3ccccc3C2CO)cs1. The van der Waals surface area contributed by atoms with E-state index in [1.165, 1.54) is 11.3 Å². The molecule has 0 radical (unpaired) electrons. The second-order valence-electron chi connectivity index (χ2n) is 5.14. The molecule has 1 amide bonds. The number of carbonyl (C=O) groups excluding carboxylic acids is 1. The minimum atomic E-state index is -0.436. The zero-order valence-corrected chi connectivity index (χ0v) is 13.6. The zero-order valence-electron chi connectivity index (χ0n) is 12.8. The molecule has 1 unspecified atom stereocenters. The second-order valence-corrected chi connectivity index (χ2v) is 6.09. The topological polar surface area (TPSA) is 71.9 Å². The van der Waals surface area contributed by atoms with E-state index in [2.05, 4.69) is 4.98 Å². The lowest BCUT2D eigenvalue weighted by Gasteiger charge is -2.27. The molecule has 1 N–H and O–H groups in total. The number of rotatable bonds is 4. The first kappa shape index (κ1) is 15.9. The van der Waals surface area contributed by atoms with Crippen molar-refractivity contribution in [1.29, 1.82) is 0 Å². The summed E-state index contributed by atoms with van der Waals surface area (Å²) in [5, 5.41) is 12.3. The van der Waals surface area contributed by atoms with Crippen LogP contribution in [0, 0.1) is 0 Å². The molecule has 0 bridgehead atoms. The molecular weight excluding hydrogens is 316 g/mol. The number of aliphatic hydroxyl groups is 1. The molecule has 0 saturated heterocycles. The molecule has 0 fully saturated rings. The van der Waals surface area contributed by atoms with Gasteiger partial charge in [-0.3, -0.25) is 4.79 Å². The number of methoxy groups -OCH3 is 1. The fourth-order valence-corrected chi connectivity index (χ4v) is 3.39. The van der Waals surface area contributed by atoms with E-state index in [-0.39, 0.29) is 12.5 Å². The third-order valence-corrected chi connectivity index (χ3v) is 4.54. The van der Waals surface area contributed by atoms with Gasteiger partial charge in [0.25, 0.3) is 5.91 Å². The minimum Gasteiger partial charge on any atom is -0.491 e. The number of para-hydroxylation sites is 1. The van der Waals surface area contributed by atoms with Gasteiger partial charge in [0.15, 0.2) is 0 Å². The lowest BCUT2D eigenvalue weighted by molar-refractivity contribution is 0.0579. The number of carbonyl (C=O) groups is 1. The summed E-state index contributed by atoms with van der Waals surface area (Å²) in [4.78, 5) is 18.7. The maximum atomic E-state index is 12.8. The fourth-order valence-electron chi connectivity index (χ4n) is 2.65. The molecule has 23 heavy (non-hydrogen) atoms. The Morgan fingerprint density at radius 3 is 3.13 bits per heavy atom. The molecule has 2 heterocycles. The predicted molar refractivity (Wildman–Crippen MR) is 85.6 cm³/mol. The van der Waals surface area contributed by atoms with Gasteiger partial charge in [-0.15, -0.1) is 11.3 Å². The van der Waals surface area contributed by atoms with Crippen LogP contribution in [0.4, 0.5) is 0 Å². The first-order chi connectivity index (χ1) is 11.2. The predicted octanol–water partition coefficient (Wildman–Crippen LogP) is 1.86. The zero-order chi connectivity index (χ0) is 16.2. The van der Waals surface area contributed by atoms with E-state index in [9.17, 15) is 9.90 Å². The molecular formula is C16H18N2O4S. The number of aliphatic hydroxyl groups excluding tert-OH is 1. The van der Waals surface area contributed by atoms with Gasteiger partial charge in [0.1, 0.15) is 23.1 Å². The van der Waals surface area contributed by atoms with Crippen LogP contribution in [0.15, 0.2) is 29.6 Å². The molecule has 1 aliphatic rings. The summed E-state index contributed by atoms with van der Waals surface area (Å²) >= 11 is 1.39. The van der Waals surface area contributed by atoms with Crippen molar-refractivity contribution < 1.29 is 19.4 Å². The number of aromatic nitrogens is 1. The second kappa shape index (κ2) is 7.08. The van der Waals surface area contributed by atoms with E-state index < -0.39 is 6.04 Å². The minimum absolute atomic E-state index is 0.165. The quantitative estimate of drug-likeness (QED) is 0.924. The lowest BCUT2D eigenvalue weighted by atomic mass is 10.0. The maximum absolute atomic E-state index is 12.8. The number of hydrogen-bond donors (Lipinski definition) is 1. The van der Waals surface area contributed by atoms with Gasteiger partial charge in [-0.05, 0) is 6.07 Å². The Labute approximate surface area is 138 Å². The number of amides is 1. The van der Waals surface area contributed by atoms with Gasteiger partial charge in [0, 0.05) is 18.1 Å². The van der Waals surface area contributed by atoms with E-state index in [1.54, 1.807) is 17.4 Å². The molecule has 6 nitrogen and oxygen atoms in total. The average Bonchev–Trinajstić information content (AvgIpc) is 2.95. The Balaban J connectivity index is 1.89. The largest absolute Gasteiger partial charge is 0.491 e. The number of ether oxygens (including phenoxy) is 2. The van der Waals surface area contributed by atoms with Crippen LogP contribution in [0.3, 0.4) is 0 Å². The van der Waals surface area contributed by atoms with Crippen LogP contribution in [0.5, 0.6) is 5.75 Å². The molecule has 1 aromatic carbocycles. The van der Waals surface area contributed by atoms with Crippen molar-refractivity contribution >= 4 is 17.2 Å². The van der Waals surface area contributed by atoms with Crippen LogP contribution < -0.4 is 4.74 Å². The van der Waals surface area contributed by atoms with Crippen LogP contribution in [-0.4, -0.2) is 47.8 Å². The lowest BCUT2D eigenvalue weighted by Crippen LogP contribution is -2.38. The molecule has 0 spiro atoms. The van der Waals surface area contributed by atoms with Crippen molar-refractivity contribution in [3.63, 3.8) is 0 Å². The number of nitrogens with zero attached hydrogens (tertiary/aromatic N) is 2. The highest BCUT2D eigenvalue weighted by atomic mass is 32.1.